The number of hydrogen-bond donors (Lipinski definition) is 1. The van der Waals surface area contributed by atoms with Gasteiger partial charge in [-0.05, 0) is 24.7 Å². The van der Waals surface area contributed by atoms with Crippen molar-refractivity contribution in [3.05, 3.63) is 11.9 Å². The first-order chi connectivity index (χ1) is 10.3. The molecule has 0 spiro atoms. The van der Waals surface area contributed by atoms with E-state index in [2.05, 4.69) is 31.1 Å². The molecule has 1 rings (SSSR count). The fourth-order valence-corrected chi connectivity index (χ4v) is 2.62. The number of rotatable bonds is 10. The van der Waals surface area contributed by atoms with E-state index in [0.717, 1.165) is 24.6 Å². The van der Waals surface area contributed by atoms with Crippen LogP contribution in [-0.4, -0.2) is 26.8 Å². The molecule has 3 unspecified atom stereocenters. The molecule has 3 atom stereocenters. The Morgan fingerprint density at radius 2 is 1.95 bits per heavy atom. The monoisotopic (exact) mass is 308 g/mol. The number of hydrogen-bond acceptors (Lipinski definition) is 4. The second-order valence-corrected chi connectivity index (χ2v) is 6.98. The van der Waals surface area contributed by atoms with Gasteiger partial charge in [-0.25, -0.2) is 0 Å². The highest BCUT2D eigenvalue weighted by Crippen LogP contribution is 2.18. The largest absolute Gasteiger partial charge is 0.321 e. The summed E-state index contributed by atoms with van der Waals surface area (Å²) in [5.41, 5.74) is 6.73. The van der Waals surface area contributed by atoms with Gasteiger partial charge < -0.3 is 5.73 Å². The highest BCUT2D eigenvalue weighted by Gasteiger charge is 2.18. The lowest BCUT2D eigenvalue weighted by atomic mass is 9.93. The van der Waals surface area contributed by atoms with E-state index < -0.39 is 6.04 Å². The Bertz CT molecular complexity index is 455. The van der Waals surface area contributed by atoms with Gasteiger partial charge in [0.2, 0.25) is 0 Å². The zero-order valence-electron chi connectivity index (χ0n) is 14.7. The van der Waals surface area contributed by atoms with Gasteiger partial charge in [-0.2, -0.15) is 0 Å². The number of nitrogens with two attached hydrogens (primary N) is 1. The van der Waals surface area contributed by atoms with Crippen LogP contribution in [0.1, 0.15) is 59.6 Å². The molecule has 1 heterocycles. The summed E-state index contributed by atoms with van der Waals surface area (Å²) in [6, 6.07) is -0.477. The van der Waals surface area contributed by atoms with Gasteiger partial charge in [0.15, 0.2) is 5.78 Å². The van der Waals surface area contributed by atoms with Crippen LogP contribution in [0.3, 0.4) is 0 Å². The topological polar surface area (TPSA) is 73.8 Å². The van der Waals surface area contributed by atoms with Crippen molar-refractivity contribution in [1.29, 1.82) is 0 Å². The van der Waals surface area contributed by atoms with Crippen LogP contribution < -0.4 is 5.73 Å². The highest BCUT2D eigenvalue weighted by molar-refractivity contribution is 5.85. The van der Waals surface area contributed by atoms with Gasteiger partial charge in [-0.15, -0.1) is 5.10 Å². The fourth-order valence-electron chi connectivity index (χ4n) is 2.62. The summed E-state index contributed by atoms with van der Waals surface area (Å²) in [5.74, 6) is 1.51. The average molecular weight is 308 g/mol. The molecule has 126 valence electrons. The maximum atomic E-state index is 11.8. The molecule has 0 aliphatic rings. The quantitative estimate of drug-likeness (QED) is 0.721. The van der Waals surface area contributed by atoms with Crippen LogP contribution in [0.25, 0.3) is 0 Å². The van der Waals surface area contributed by atoms with E-state index in [4.69, 9.17) is 5.73 Å². The summed E-state index contributed by atoms with van der Waals surface area (Å²) in [7, 11) is 0. The van der Waals surface area contributed by atoms with E-state index in [1.165, 1.54) is 12.8 Å². The molecule has 0 amide bonds. The molecule has 1 aromatic heterocycles. The Hall–Kier alpha value is -1.23. The molecular formula is C17H32N4O. The summed E-state index contributed by atoms with van der Waals surface area (Å²) in [4.78, 5) is 11.8. The van der Waals surface area contributed by atoms with Crippen LogP contribution in [0.4, 0.5) is 0 Å². The SMILES string of the molecule is CCC(C)CC(C)CCn1cc(CC(N)C(=O)C(C)C)nn1. The van der Waals surface area contributed by atoms with Gasteiger partial charge >= 0.3 is 0 Å². The predicted octanol–water partition coefficient (Wildman–Crippen LogP) is 2.84. The van der Waals surface area contributed by atoms with Gasteiger partial charge in [0, 0.05) is 25.1 Å². The summed E-state index contributed by atoms with van der Waals surface area (Å²) in [6.45, 7) is 11.5. The minimum absolute atomic E-state index is 0.0357. The van der Waals surface area contributed by atoms with Crippen molar-refractivity contribution in [1.82, 2.24) is 15.0 Å². The molecule has 0 radical (unpaired) electrons. The number of carbonyl (C=O) groups is 1. The number of ketones is 1. The first kappa shape index (κ1) is 18.8. The summed E-state index contributed by atoms with van der Waals surface area (Å²) < 4.78 is 1.87. The number of Topliss-reactive ketones (excluding diaryl/α,β-unsaturated/α-hetero) is 1. The average Bonchev–Trinajstić information content (AvgIpc) is 2.91. The Morgan fingerprint density at radius 3 is 2.55 bits per heavy atom. The molecule has 5 nitrogen and oxygen atoms in total. The second kappa shape index (κ2) is 9.03. The van der Waals surface area contributed by atoms with E-state index in [1.54, 1.807) is 0 Å². The molecule has 0 fully saturated rings. The van der Waals surface area contributed by atoms with Crippen molar-refractivity contribution < 1.29 is 4.79 Å². The van der Waals surface area contributed by atoms with Crippen LogP contribution >= 0.6 is 0 Å². The molecular weight excluding hydrogens is 276 g/mol. The van der Waals surface area contributed by atoms with Crippen LogP contribution in [0, 0.1) is 17.8 Å². The van der Waals surface area contributed by atoms with E-state index in [9.17, 15) is 4.79 Å². The number of aryl methyl sites for hydroxylation is 1. The minimum Gasteiger partial charge on any atom is -0.321 e. The Balaban J connectivity index is 2.43. The normalized spacial score (nSPS) is 15.8. The van der Waals surface area contributed by atoms with Crippen molar-refractivity contribution in [2.45, 2.75) is 72.9 Å². The van der Waals surface area contributed by atoms with E-state index in [0.29, 0.717) is 12.3 Å². The third-order valence-corrected chi connectivity index (χ3v) is 4.30. The summed E-state index contributed by atoms with van der Waals surface area (Å²) in [6.07, 6.45) is 5.98. The number of carbonyl (C=O) groups excluding carboxylic acids is 1. The maximum Gasteiger partial charge on any atom is 0.152 e. The minimum atomic E-state index is -0.477. The lowest BCUT2D eigenvalue weighted by Crippen LogP contribution is -2.35. The molecule has 5 heteroatoms. The Morgan fingerprint density at radius 1 is 1.27 bits per heavy atom. The Labute approximate surface area is 134 Å². The van der Waals surface area contributed by atoms with Crippen LogP contribution in [0.15, 0.2) is 6.20 Å². The first-order valence-corrected chi connectivity index (χ1v) is 8.51. The van der Waals surface area contributed by atoms with E-state index in [1.807, 2.05) is 24.7 Å². The van der Waals surface area contributed by atoms with Gasteiger partial charge in [0.1, 0.15) is 0 Å². The zero-order valence-corrected chi connectivity index (χ0v) is 14.7. The van der Waals surface area contributed by atoms with Crippen molar-refractivity contribution in [3.63, 3.8) is 0 Å². The molecule has 0 aromatic carbocycles. The van der Waals surface area contributed by atoms with Crippen molar-refractivity contribution >= 4 is 5.78 Å². The molecule has 1 aromatic rings. The standard InChI is InChI=1S/C17H32N4O/c1-6-13(4)9-14(5)7-8-21-11-15(19-20-21)10-16(18)17(22)12(2)3/h11-14,16H,6-10,18H2,1-5H3. The third-order valence-electron chi connectivity index (χ3n) is 4.30. The lowest BCUT2D eigenvalue weighted by Gasteiger charge is -2.15. The van der Waals surface area contributed by atoms with Crippen LogP contribution in [-0.2, 0) is 17.8 Å². The van der Waals surface area contributed by atoms with E-state index in [-0.39, 0.29) is 11.7 Å². The molecule has 0 bridgehead atoms. The smallest absolute Gasteiger partial charge is 0.152 e. The first-order valence-electron chi connectivity index (χ1n) is 8.51. The fraction of sp³-hybridized carbons (Fsp3) is 0.824. The van der Waals surface area contributed by atoms with Crippen molar-refractivity contribution in [3.8, 4) is 0 Å². The molecule has 0 aliphatic heterocycles. The molecule has 0 saturated carbocycles. The highest BCUT2D eigenvalue weighted by atomic mass is 16.1. The summed E-state index contributed by atoms with van der Waals surface area (Å²) in [5, 5.41) is 8.28. The Kier molecular flexibility index (Phi) is 7.73. The third kappa shape index (κ3) is 6.26. The van der Waals surface area contributed by atoms with Crippen LogP contribution in [0.2, 0.25) is 0 Å². The van der Waals surface area contributed by atoms with Crippen LogP contribution in [0.5, 0.6) is 0 Å². The van der Waals surface area contributed by atoms with Crippen molar-refractivity contribution in [2.24, 2.45) is 23.5 Å². The molecule has 2 N–H and O–H groups in total. The summed E-state index contributed by atoms with van der Waals surface area (Å²) >= 11 is 0. The van der Waals surface area contributed by atoms with Gasteiger partial charge in [-0.3, -0.25) is 9.48 Å². The second-order valence-electron chi connectivity index (χ2n) is 6.98. The number of nitrogens with zero attached hydrogens (tertiary/aromatic N) is 3. The molecule has 0 saturated heterocycles. The van der Waals surface area contributed by atoms with Crippen molar-refractivity contribution in [2.75, 3.05) is 0 Å². The maximum absolute atomic E-state index is 11.8. The molecule has 0 aliphatic carbocycles. The van der Waals surface area contributed by atoms with Gasteiger partial charge in [0.25, 0.3) is 0 Å². The van der Waals surface area contributed by atoms with Gasteiger partial charge in [-0.1, -0.05) is 46.3 Å². The zero-order chi connectivity index (χ0) is 16.7. The number of aromatic nitrogens is 3. The molecule has 22 heavy (non-hydrogen) atoms. The van der Waals surface area contributed by atoms with E-state index >= 15 is 0 Å². The van der Waals surface area contributed by atoms with Gasteiger partial charge in [0.05, 0.1) is 11.7 Å². The predicted molar refractivity (Wildman–Crippen MR) is 89.4 cm³/mol. The lowest BCUT2D eigenvalue weighted by molar-refractivity contribution is -0.123.